The van der Waals surface area contributed by atoms with Crippen LogP contribution in [-0.2, 0) is 0 Å². The van der Waals surface area contributed by atoms with Crippen molar-refractivity contribution in [3.8, 4) is 0 Å². The molecule has 0 aromatic carbocycles. The molecule has 0 atom stereocenters. The maximum atomic E-state index is 11.2. The molecule has 4 heteroatoms. The minimum absolute atomic E-state index is 0.352. The van der Waals surface area contributed by atoms with E-state index in [1.165, 1.54) is 4.73 Å². The van der Waals surface area contributed by atoms with Crippen LogP contribution in [0.15, 0.2) is 10.9 Å². The summed E-state index contributed by atoms with van der Waals surface area (Å²) in [5, 5.41) is 0. The van der Waals surface area contributed by atoms with Crippen molar-refractivity contribution in [2.75, 3.05) is 6.61 Å². The molecule has 0 saturated carbocycles. The Morgan fingerprint density at radius 2 is 2.25 bits per heavy atom. The lowest BCUT2D eigenvalue weighted by molar-refractivity contribution is 0.104. The Balaban J connectivity index is 3.19. The first kappa shape index (κ1) is 8.77. The van der Waals surface area contributed by atoms with E-state index in [0.717, 1.165) is 5.69 Å². The Hall–Kier alpha value is -1.32. The second-order valence-corrected chi connectivity index (χ2v) is 2.53. The first-order chi connectivity index (χ1) is 5.65. The predicted octanol–water partition coefficient (Wildman–Crippen LogP) is 0.309. The van der Waals surface area contributed by atoms with Gasteiger partial charge in [0.1, 0.15) is 6.61 Å². The summed E-state index contributed by atoms with van der Waals surface area (Å²) in [5.74, 6) is 0. The van der Waals surface area contributed by atoms with Crippen LogP contribution >= 0.6 is 0 Å². The molecule has 0 aliphatic rings. The fourth-order valence-electron chi connectivity index (χ4n) is 1.03. The summed E-state index contributed by atoms with van der Waals surface area (Å²) >= 11 is 0. The molecule has 1 aromatic rings. The third kappa shape index (κ3) is 1.64. The first-order valence-electron chi connectivity index (χ1n) is 3.85. The van der Waals surface area contributed by atoms with Gasteiger partial charge >= 0.3 is 5.69 Å². The summed E-state index contributed by atoms with van der Waals surface area (Å²) in [7, 11) is 0. The summed E-state index contributed by atoms with van der Waals surface area (Å²) < 4.78 is 1.20. The van der Waals surface area contributed by atoms with Crippen molar-refractivity contribution in [3.05, 3.63) is 27.9 Å². The van der Waals surface area contributed by atoms with Crippen molar-refractivity contribution in [2.24, 2.45) is 0 Å². The van der Waals surface area contributed by atoms with Gasteiger partial charge in [-0.05, 0) is 26.8 Å². The minimum Gasteiger partial charge on any atom is -0.410 e. The molecule has 0 bridgehead atoms. The van der Waals surface area contributed by atoms with Crippen molar-refractivity contribution < 1.29 is 4.84 Å². The molecule has 0 aliphatic carbocycles. The zero-order valence-corrected chi connectivity index (χ0v) is 7.50. The van der Waals surface area contributed by atoms with Gasteiger partial charge in [-0.2, -0.15) is 4.98 Å². The molecule has 0 unspecified atom stereocenters. The Kier molecular flexibility index (Phi) is 2.47. The highest BCUT2D eigenvalue weighted by molar-refractivity contribution is 5.05. The zero-order valence-electron chi connectivity index (χ0n) is 7.50. The second-order valence-electron chi connectivity index (χ2n) is 2.53. The monoisotopic (exact) mass is 168 g/mol. The maximum absolute atomic E-state index is 11.2. The van der Waals surface area contributed by atoms with Crippen molar-refractivity contribution >= 4 is 0 Å². The quantitative estimate of drug-likeness (QED) is 0.638. The molecule has 0 amide bonds. The number of hydrogen-bond donors (Lipinski definition) is 0. The van der Waals surface area contributed by atoms with Crippen LogP contribution < -0.4 is 10.5 Å². The fourth-order valence-corrected chi connectivity index (χ4v) is 1.03. The topological polar surface area (TPSA) is 44.1 Å². The van der Waals surface area contributed by atoms with Gasteiger partial charge in [0.15, 0.2) is 0 Å². The Morgan fingerprint density at radius 1 is 1.58 bits per heavy atom. The summed E-state index contributed by atoms with van der Waals surface area (Å²) in [5.41, 5.74) is 1.14. The van der Waals surface area contributed by atoms with Gasteiger partial charge in [-0.3, -0.25) is 0 Å². The number of nitrogens with zero attached hydrogens (tertiary/aromatic N) is 2. The van der Waals surface area contributed by atoms with Gasteiger partial charge in [-0.25, -0.2) is 4.79 Å². The van der Waals surface area contributed by atoms with Crippen LogP contribution in [0.1, 0.15) is 18.3 Å². The highest BCUT2D eigenvalue weighted by Gasteiger charge is 2.01. The van der Waals surface area contributed by atoms with E-state index in [1.807, 2.05) is 13.8 Å². The Labute approximate surface area is 70.8 Å². The molecule has 0 aliphatic heterocycles. The minimum atomic E-state index is -0.352. The molecule has 4 nitrogen and oxygen atoms in total. The SMILES string of the molecule is CCOn1c(C)cc(C)nc1=O. The lowest BCUT2D eigenvalue weighted by atomic mass is 10.4. The van der Waals surface area contributed by atoms with Gasteiger partial charge < -0.3 is 4.84 Å². The van der Waals surface area contributed by atoms with Crippen LogP contribution in [0.5, 0.6) is 0 Å². The van der Waals surface area contributed by atoms with E-state index < -0.39 is 0 Å². The summed E-state index contributed by atoms with van der Waals surface area (Å²) in [4.78, 5) is 20.0. The third-order valence-corrected chi connectivity index (χ3v) is 1.44. The van der Waals surface area contributed by atoms with Crippen LogP contribution in [-0.4, -0.2) is 16.3 Å². The standard InChI is InChI=1S/C8H12N2O2/c1-4-12-10-7(3)5-6(2)9-8(10)11/h5H,4H2,1-3H3. The highest BCUT2D eigenvalue weighted by Crippen LogP contribution is 1.93. The van der Waals surface area contributed by atoms with Gasteiger partial charge in [0.25, 0.3) is 0 Å². The van der Waals surface area contributed by atoms with Gasteiger partial charge in [0.05, 0.1) is 5.69 Å². The average molecular weight is 168 g/mol. The molecule has 1 heterocycles. The van der Waals surface area contributed by atoms with E-state index >= 15 is 0 Å². The van der Waals surface area contributed by atoms with Crippen LogP contribution in [0.2, 0.25) is 0 Å². The fraction of sp³-hybridized carbons (Fsp3) is 0.500. The van der Waals surface area contributed by atoms with E-state index in [0.29, 0.717) is 12.3 Å². The van der Waals surface area contributed by atoms with E-state index in [1.54, 1.807) is 13.0 Å². The van der Waals surface area contributed by atoms with Crippen molar-refractivity contribution in [1.29, 1.82) is 0 Å². The number of aromatic nitrogens is 2. The number of hydrogen-bond acceptors (Lipinski definition) is 3. The summed E-state index contributed by atoms with van der Waals surface area (Å²) in [6.07, 6.45) is 0. The second kappa shape index (κ2) is 3.38. The first-order valence-corrected chi connectivity index (χ1v) is 3.85. The number of aryl methyl sites for hydroxylation is 2. The largest absolute Gasteiger partial charge is 0.410 e. The molecular weight excluding hydrogens is 156 g/mol. The molecule has 0 radical (unpaired) electrons. The van der Waals surface area contributed by atoms with E-state index in [4.69, 9.17) is 4.84 Å². The zero-order chi connectivity index (χ0) is 9.14. The van der Waals surface area contributed by atoms with E-state index in [-0.39, 0.29) is 5.69 Å². The molecular formula is C8H12N2O2. The highest BCUT2D eigenvalue weighted by atomic mass is 16.7. The van der Waals surface area contributed by atoms with Gasteiger partial charge in [-0.15, -0.1) is 4.73 Å². The van der Waals surface area contributed by atoms with Crippen LogP contribution in [0.4, 0.5) is 0 Å². The summed E-state index contributed by atoms with van der Waals surface area (Å²) in [6.45, 7) is 5.88. The molecule has 12 heavy (non-hydrogen) atoms. The average Bonchev–Trinajstić information content (AvgIpc) is 1.96. The third-order valence-electron chi connectivity index (χ3n) is 1.44. The number of rotatable bonds is 2. The molecule has 0 fully saturated rings. The lowest BCUT2D eigenvalue weighted by Crippen LogP contribution is -2.31. The van der Waals surface area contributed by atoms with Gasteiger partial charge in [0.2, 0.25) is 0 Å². The van der Waals surface area contributed by atoms with Gasteiger partial charge in [-0.1, -0.05) is 0 Å². The predicted molar refractivity (Wildman–Crippen MR) is 45.1 cm³/mol. The molecule has 0 saturated heterocycles. The molecule has 1 rings (SSSR count). The smallest absolute Gasteiger partial charge is 0.380 e. The van der Waals surface area contributed by atoms with Crippen molar-refractivity contribution in [1.82, 2.24) is 9.71 Å². The molecule has 0 N–H and O–H groups in total. The van der Waals surface area contributed by atoms with Crippen molar-refractivity contribution in [3.63, 3.8) is 0 Å². The molecule has 66 valence electrons. The van der Waals surface area contributed by atoms with Crippen molar-refractivity contribution in [2.45, 2.75) is 20.8 Å². The maximum Gasteiger partial charge on any atom is 0.380 e. The Bertz CT molecular complexity index is 330. The Morgan fingerprint density at radius 3 is 2.75 bits per heavy atom. The van der Waals surface area contributed by atoms with Gasteiger partial charge in [0, 0.05) is 5.69 Å². The van der Waals surface area contributed by atoms with Crippen LogP contribution in [0.25, 0.3) is 0 Å². The molecule has 0 spiro atoms. The van der Waals surface area contributed by atoms with E-state index in [9.17, 15) is 4.79 Å². The van der Waals surface area contributed by atoms with Crippen LogP contribution in [0.3, 0.4) is 0 Å². The lowest BCUT2D eigenvalue weighted by Gasteiger charge is -2.08. The molecule has 1 aromatic heterocycles. The van der Waals surface area contributed by atoms with Crippen LogP contribution in [0, 0.1) is 13.8 Å². The van der Waals surface area contributed by atoms with E-state index in [2.05, 4.69) is 4.98 Å². The normalized spacial score (nSPS) is 9.92. The summed E-state index contributed by atoms with van der Waals surface area (Å²) in [6, 6.07) is 1.80.